The monoisotopic (exact) mass is 505 g/mol. The number of aryl methyl sites for hydroxylation is 1. The fraction of sp³-hybridized carbons (Fsp3) is 0.667. The van der Waals surface area contributed by atoms with Gasteiger partial charge >= 0.3 is 6.09 Å². The quantitative estimate of drug-likeness (QED) is 0.391. The summed E-state index contributed by atoms with van der Waals surface area (Å²) in [7, 11) is 0. The van der Waals surface area contributed by atoms with E-state index < -0.39 is 23.8 Å². The van der Waals surface area contributed by atoms with Crippen LogP contribution in [0.1, 0.15) is 83.4 Å². The molecule has 0 saturated heterocycles. The molecule has 2 rings (SSSR count). The molecule has 0 spiro atoms. The van der Waals surface area contributed by atoms with Gasteiger partial charge in [0.2, 0.25) is 11.8 Å². The number of ether oxygens (including phenoxy) is 1. The first-order valence-corrected chi connectivity index (χ1v) is 14.1. The summed E-state index contributed by atoms with van der Waals surface area (Å²) in [4.78, 5) is 42.0. The number of rotatable bonds is 12. The molecule has 7 nitrogen and oxygen atoms in total. The molecule has 0 bridgehead atoms. The van der Waals surface area contributed by atoms with Gasteiger partial charge in [0.25, 0.3) is 0 Å². The first kappa shape index (κ1) is 29.0. The molecule has 1 aliphatic carbocycles. The minimum absolute atomic E-state index is 0.0397. The van der Waals surface area contributed by atoms with Crippen LogP contribution < -0.4 is 10.6 Å². The number of benzene rings is 1. The first-order valence-electron chi connectivity index (χ1n) is 12.7. The molecule has 2 unspecified atom stereocenters. The summed E-state index contributed by atoms with van der Waals surface area (Å²) in [6.07, 6.45) is 6.36. The van der Waals surface area contributed by atoms with E-state index in [1.54, 1.807) is 37.4 Å². The van der Waals surface area contributed by atoms with Crippen LogP contribution in [0, 0.1) is 6.92 Å². The number of hydrogen-bond acceptors (Lipinski definition) is 5. The number of unbranched alkanes of at least 4 members (excludes halogenated alkanes) is 1. The lowest BCUT2D eigenvalue weighted by molar-refractivity contribution is -0.147. The maximum absolute atomic E-state index is 14.1. The van der Waals surface area contributed by atoms with Gasteiger partial charge in [-0.15, -0.1) is 0 Å². The summed E-state index contributed by atoms with van der Waals surface area (Å²) in [5.74, 6) is 0.291. The maximum Gasteiger partial charge on any atom is 0.408 e. The average molecular weight is 506 g/mol. The highest BCUT2D eigenvalue weighted by molar-refractivity contribution is 7.98. The molecular formula is C27H43N3O4S. The Balaban J connectivity index is 2.42. The molecule has 1 saturated carbocycles. The van der Waals surface area contributed by atoms with Crippen LogP contribution in [0.5, 0.6) is 0 Å². The predicted octanol–water partition coefficient (Wildman–Crippen LogP) is 4.98. The number of carbonyl (C=O) groups is 3. The lowest BCUT2D eigenvalue weighted by atomic mass is 9.87. The van der Waals surface area contributed by atoms with Crippen molar-refractivity contribution < 1.29 is 19.1 Å². The molecule has 1 aliphatic rings. The van der Waals surface area contributed by atoms with Crippen molar-refractivity contribution in [1.29, 1.82) is 0 Å². The highest BCUT2D eigenvalue weighted by Gasteiger charge is 2.41. The van der Waals surface area contributed by atoms with Crippen LogP contribution in [-0.2, 0) is 14.3 Å². The zero-order valence-corrected chi connectivity index (χ0v) is 23.0. The molecule has 2 N–H and O–H groups in total. The summed E-state index contributed by atoms with van der Waals surface area (Å²) < 4.78 is 5.45. The molecule has 1 fully saturated rings. The molecule has 8 heteroatoms. The molecule has 1 aromatic carbocycles. The minimum atomic E-state index is -0.770. The molecule has 0 heterocycles. The third-order valence-electron chi connectivity index (χ3n) is 6.04. The van der Waals surface area contributed by atoms with Gasteiger partial charge in [-0.1, -0.05) is 43.2 Å². The predicted molar refractivity (Wildman–Crippen MR) is 142 cm³/mol. The van der Waals surface area contributed by atoms with E-state index in [4.69, 9.17) is 4.74 Å². The number of carbonyl (C=O) groups excluding carboxylic acids is 3. The highest BCUT2D eigenvalue weighted by Crippen LogP contribution is 2.34. The van der Waals surface area contributed by atoms with Crippen molar-refractivity contribution >= 4 is 29.7 Å². The number of thioether (sulfide) groups is 1. The normalized spacial score (nSPS) is 15.5. The van der Waals surface area contributed by atoms with E-state index in [0.717, 1.165) is 43.2 Å². The van der Waals surface area contributed by atoms with Crippen molar-refractivity contribution in [2.45, 2.75) is 96.9 Å². The average Bonchev–Trinajstić information content (AvgIpc) is 2.73. The van der Waals surface area contributed by atoms with Gasteiger partial charge in [0.15, 0.2) is 0 Å². The molecule has 3 amide bonds. The first-order chi connectivity index (χ1) is 16.6. The lowest BCUT2D eigenvalue weighted by Gasteiger charge is -2.43. The van der Waals surface area contributed by atoms with Gasteiger partial charge in [-0.2, -0.15) is 11.8 Å². The number of hydrogen-bond donors (Lipinski definition) is 2. The molecule has 0 aromatic heterocycles. The van der Waals surface area contributed by atoms with Crippen molar-refractivity contribution in [2.24, 2.45) is 0 Å². The summed E-state index contributed by atoms with van der Waals surface area (Å²) in [5, 5.41) is 5.85. The Kier molecular flexibility index (Phi) is 11.4. The second-order valence-corrected chi connectivity index (χ2v) is 11.3. The minimum Gasteiger partial charge on any atom is -0.444 e. The van der Waals surface area contributed by atoms with Crippen molar-refractivity contribution in [3.05, 3.63) is 35.4 Å². The standard InChI is InChI=1S/C27H43N3O4S/c1-7-8-16-28-24(31)23(20-12-9-11-19(2)18-20)30(21-13-10-14-21)25(32)22(15-17-35-6)29-26(33)34-27(3,4)5/h9,11-12,18,21-23H,7-8,10,13-17H2,1-6H3,(H,28,31)(H,29,33). The van der Waals surface area contributed by atoms with E-state index in [2.05, 4.69) is 17.6 Å². The molecule has 0 aliphatic heterocycles. The Morgan fingerprint density at radius 3 is 2.49 bits per heavy atom. The van der Waals surface area contributed by atoms with Gasteiger partial charge in [0.05, 0.1) is 0 Å². The Morgan fingerprint density at radius 1 is 1.23 bits per heavy atom. The van der Waals surface area contributed by atoms with Crippen LogP contribution in [0.3, 0.4) is 0 Å². The second-order valence-electron chi connectivity index (χ2n) is 10.3. The van der Waals surface area contributed by atoms with Crippen LogP contribution in [0.2, 0.25) is 0 Å². The van der Waals surface area contributed by atoms with Crippen LogP contribution in [0.4, 0.5) is 4.79 Å². The van der Waals surface area contributed by atoms with Gasteiger partial charge in [-0.05, 0) is 77.4 Å². The Hall–Kier alpha value is -2.22. The second kappa shape index (κ2) is 13.8. The molecular weight excluding hydrogens is 462 g/mol. The number of nitrogens with one attached hydrogen (secondary N) is 2. The van der Waals surface area contributed by atoms with Crippen molar-refractivity contribution in [3.8, 4) is 0 Å². The zero-order valence-electron chi connectivity index (χ0n) is 22.2. The maximum atomic E-state index is 14.1. The van der Waals surface area contributed by atoms with Crippen LogP contribution in [0.15, 0.2) is 24.3 Å². The summed E-state index contributed by atoms with van der Waals surface area (Å²) in [6, 6.07) is 6.23. The molecule has 1 aromatic rings. The number of amides is 3. The van der Waals surface area contributed by atoms with Gasteiger partial charge in [0.1, 0.15) is 17.7 Å². The summed E-state index contributed by atoms with van der Waals surface area (Å²) >= 11 is 1.61. The van der Waals surface area contributed by atoms with Gasteiger partial charge in [-0.3, -0.25) is 9.59 Å². The van der Waals surface area contributed by atoms with E-state index in [9.17, 15) is 14.4 Å². The third-order valence-corrected chi connectivity index (χ3v) is 6.68. The molecule has 2 atom stereocenters. The SMILES string of the molecule is CCCCNC(=O)C(c1cccc(C)c1)N(C(=O)C(CCSC)NC(=O)OC(C)(C)C)C1CCC1. The topological polar surface area (TPSA) is 87.7 Å². The third kappa shape index (κ3) is 9.06. The molecule has 0 radical (unpaired) electrons. The fourth-order valence-electron chi connectivity index (χ4n) is 4.07. The smallest absolute Gasteiger partial charge is 0.408 e. The van der Waals surface area contributed by atoms with Crippen molar-refractivity contribution in [3.63, 3.8) is 0 Å². The lowest BCUT2D eigenvalue weighted by Crippen LogP contribution is -2.57. The van der Waals surface area contributed by atoms with Gasteiger partial charge < -0.3 is 20.3 Å². The van der Waals surface area contributed by atoms with Crippen molar-refractivity contribution in [2.75, 3.05) is 18.6 Å². The van der Waals surface area contributed by atoms with Crippen LogP contribution >= 0.6 is 11.8 Å². The zero-order chi connectivity index (χ0) is 26.0. The van der Waals surface area contributed by atoms with Gasteiger partial charge in [0, 0.05) is 12.6 Å². The van der Waals surface area contributed by atoms with E-state index in [-0.39, 0.29) is 17.9 Å². The molecule has 196 valence electrons. The Labute approximate surface area is 215 Å². The molecule has 35 heavy (non-hydrogen) atoms. The van der Waals surface area contributed by atoms with E-state index >= 15 is 0 Å². The summed E-state index contributed by atoms with van der Waals surface area (Å²) in [6.45, 7) is 10.0. The van der Waals surface area contributed by atoms with E-state index in [1.165, 1.54) is 0 Å². The Morgan fingerprint density at radius 2 is 1.94 bits per heavy atom. The Bertz CT molecular complexity index is 851. The summed E-state index contributed by atoms with van der Waals surface area (Å²) in [5.41, 5.74) is 1.15. The fourth-order valence-corrected chi connectivity index (χ4v) is 4.54. The number of nitrogens with zero attached hydrogens (tertiary/aromatic N) is 1. The van der Waals surface area contributed by atoms with Gasteiger partial charge in [-0.25, -0.2) is 4.79 Å². The highest BCUT2D eigenvalue weighted by atomic mass is 32.2. The largest absolute Gasteiger partial charge is 0.444 e. The van der Waals surface area contributed by atoms with Crippen LogP contribution in [-0.4, -0.2) is 59.0 Å². The van der Waals surface area contributed by atoms with E-state index in [0.29, 0.717) is 18.7 Å². The van der Waals surface area contributed by atoms with Crippen molar-refractivity contribution in [1.82, 2.24) is 15.5 Å². The number of alkyl carbamates (subject to hydrolysis) is 1. The van der Waals surface area contributed by atoms with E-state index in [1.807, 2.05) is 37.4 Å². The van der Waals surface area contributed by atoms with Crippen LogP contribution in [0.25, 0.3) is 0 Å².